The van der Waals surface area contributed by atoms with Crippen molar-refractivity contribution in [3.8, 4) is 5.75 Å². The minimum atomic E-state index is -4.18. The van der Waals surface area contributed by atoms with Crippen LogP contribution in [-0.2, 0) is 26.0 Å². The summed E-state index contributed by atoms with van der Waals surface area (Å²) in [5.41, 5.74) is 2.97. The molecular formula is C32H41N3O5S. The smallest absolute Gasteiger partial charge is 0.264 e. The van der Waals surface area contributed by atoms with Gasteiger partial charge < -0.3 is 15.0 Å². The van der Waals surface area contributed by atoms with Crippen molar-refractivity contribution in [1.82, 2.24) is 10.2 Å². The molecule has 220 valence electrons. The first kappa shape index (κ1) is 31.7. The summed E-state index contributed by atoms with van der Waals surface area (Å²) in [6.45, 7) is 9.57. The molecule has 0 aromatic heterocycles. The lowest BCUT2D eigenvalue weighted by Gasteiger charge is -2.32. The summed E-state index contributed by atoms with van der Waals surface area (Å²) < 4.78 is 34.7. The van der Waals surface area contributed by atoms with Crippen LogP contribution in [0, 0.1) is 19.8 Å². The Morgan fingerprint density at radius 1 is 0.902 bits per heavy atom. The monoisotopic (exact) mass is 579 g/mol. The zero-order valence-corrected chi connectivity index (χ0v) is 25.6. The summed E-state index contributed by atoms with van der Waals surface area (Å²) in [5.74, 6) is -0.227. The zero-order valence-electron chi connectivity index (χ0n) is 24.8. The van der Waals surface area contributed by atoms with Gasteiger partial charge in [0.15, 0.2) is 0 Å². The fraction of sp³-hybridized carbons (Fsp3) is 0.375. The Hall–Kier alpha value is -3.85. The Balaban J connectivity index is 2.03. The van der Waals surface area contributed by atoms with Gasteiger partial charge in [-0.25, -0.2) is 8.42 Å². The number of anilines is 1. The number of aryl methyl sites for hydroxylation is 2. The van der Waals surface area contributed by atoms with E-state index in [2.05, 4.69) is 5.32 Å². The molecule has 3 aromatic rings. The number of hydrogen-bond acceptors (Lipinski definition) is 5. The molecule has 41 heavy (non-hydrogen) atoms. The largest absolute Gasteiger partial charge is 0.495 e. The minimum Gasteiger partial charge on any atom is -0.495 e. The van der Waals surface area contributed by atoms with Crippen LogP contribution < -0.4 is 14.4 Å². The number of rotatable bonds is 13. The molecule has 0 saturated carbocycles. The summed E-state index contributed by atoms with van der Waals surface area (Å²) >= 11 is 0. The van der Waals surface area contributed by atoms with Gasteiger partial charge in [0.2, 0.25) is 11.8 Å². The van der Waals surface area contributed by atoms with Gasteiger partial charge in [-0.15, -0.1) is 0 Å². The molecule has 1 atom stereocenters. The third-order valence-electron chi connectivity index (χ3n) is 6.83. The molecule has 9 heteroatoms. The molecule has 0 heterocycles. The molecule has 0 radical (unpaired) electrons. The Kier molecular flexibility index (Phi) is 10.9. The Labute approximate surface area is 244 Å². The van der Waals surface area contributed by atoms with E-state index in [0.29, 0.717) is 18.7 Å². The molecule has 3 aromatic carbocycles. The van der Waals surface area contributed by atoms with E-state index in [0.717, 1.165) is 21.0 Å². The maximum absolute atomic E-state index is 14.1. The molecule has 0 aliphatic heterocycles. The fourth-order valence-corrected chi connectivity index (χ4v) is 5.78. The van der Waals surface area contributed by atoms with Crippen molar-refractivity contribution in [2.75, 3.05) is 31.0 Å². The van der Waals surface area contributed by atoms with Crippen LogP contribution in [0.3, 0.4) is 0 Å². The van der Waals surface area contributed by atoms with Crippen molar-refractivity contribution in [2.45, 2.75) is 52.0 Å². The summed E-state index contributed by atoms with van der Waals surface area (Å²) in [5, 5.41) is 2.90. The molecule has 1 N–H and O–H groups in total. The first-order valence-corrected chi connectivity index (χ1v) is 15.2. The van der Waals surface area contributed by atoms with E-state index in [4.69, 9.17) is 4.74 Å². The maximum atomic E-state index is 14.1. The predicted molar refractivity (Wildman–Crippen MR) is 163 cm³/mol. The predicted octanol–water partition coefficient (Wildman–Crippen LogP) is 4.74. The molecule has 0 unspecified atom stereocenters. The second kappa shape index (κ2) is 14.2. The summed E-state index contributed by atoms with van der Waals surface area (Å²) in [6, 6.07) is 20.5. The third kappa shape index (κ3) is 8.33. The lowest BCUT2D eigenvalue weighted by atomic mass is 10.1. The van der Waals surface area contributed by atoms with Crippen molar-refractivity contribution < 1.29 is 22.7 Å². The zero-order chi connectivity index (χ0) is 30.2. The van der Waals surface area contributed by atoms with Crippen LogP contribution in [0.5, 0.6) is 5.75 Å². The molecule has 0 spiro atoms. The SMILES string of the molecule is COc1ccc(C)cc1N(CC(=O)N(CCc1ccccc1)[C@@H](C)C(=O)NCC(C)C)S(=O)(=O)c1ccc(C)cc1. The molecular weight excluding hydrogens is 538 g/mol. The first-order valence-electron chi connectivity index (χ1n) is 13.8. The van der Waals surface area contributed by atoms with Gasteiger partial charge >= 0.3 is 0 Å². The van der Waals surface area contributed by atoms with Gasteiger partial charge in [0, 0.05) is 13.1 Å². The maximum Gasteiger partial charge on any atom is 0.264 e. The number of sulfonamides is 1. The van der Waals surface area contributed by atoms with Crippen LogP contribution >= 0.6 is 0 Å². The third-order valence-corrected chi connectivity index (χ3v) is 8.60. The summed E-state index contributed by atoms with van der Waals surface area (Å²) in [6.07, 6.45) is 0.507. The molecule has 0 aliphatic rings. The second-order valence-corrected chi connectivity index (χ2v) is 12.5. The highest BCUT2D eigenvalue weighted by molar-refractivity contribution is 7.92. The standard InChI is InChI=1S/C32H41N3O5S/c1-23(2)21-33-32(37)26(5)34(19-18-27-10-8-7-9-11-27)31(36)22-35(29-20-25(4)14-17-30(29)40-6)41(38,39)28-15-12-24(3)13-16-28/h7-17,20,23,26H,18-19,21-22H2,1-6H3,(H,33,37)/t26-/m0/s1. The number of benzene rings is 3. The van der Waals surface area contributed by atoms with Crippen LogP contribution in [-0.4, -0.2) is 57.9 Å². The van der Waals surface area contributed by atoms with Gasteiger partial charge in [-0.05, 0) is 68.5 Å². The molecule has 8 nitrogen and oxygen atoms in total. The van der Waals surface area contributed by atoms with Crippen molar-refractivity contribution in [3.05, 3.63) is 89.5 Å². The van der Waals surface area contributed by atoms with Gasteiger partial charge in [-0.2, -0.15) is 0 Å². The normalized spacial score (nSPS) is 12.1. The fourth-order valence-electron chi connectivity index (χ4n) is 4.37. The Bertz CT molecular complexity index is 1420. The van der Waals surface area contributed by atoms with Gasteiger partial charge in [0.25, 0.3) is 10.0 Å². The van der Waals surface area contributed by atoms with E-state index in [1.165, 1.54) is 24.1 Å². The van der Waals surface area contributed by atoms with Crippen molar-refractivity contribution >= 4 is 27.5 Å². The quantitative estimate of drug-likeness (QED) is 0.316. The summed E-state index contributed by atoms with van der Waals surface area (Å²) in [7, 11) is -2.72. The van der Waals surface area contributed by atoms with Gasteiger partial charge in [0.1, 0.15) is 18.3 Å². The van der Waals surface area contributed by atoms with Crippen molar-refractivity contribution in [1.29, 1.82) is 0 Å². The highest BCUT2D eigenvalue weighted by Crippen LogP contribution is 2.33. The van der Waals surface area contributed by atoms with Gasteiger partial charge in [-0.3, -0.25) is 13.9 Å². The molecule has 0 saturated heterocycles. The highest BCUT2D eigenvalue weighted by atomic mass is 32.2. The van der Waals surface area contributed by atoms with Crippen LogP contribution in [0.15, 0.2) is 77.7 Å². The van der Waals surface area contributed by atoms with Gasteiger partial charge in [0.05, 0.1) is 17.7 Å². The van der Waals surface area contributed by atoms with E-state index in [1.54, 1.807) is 31.2 Å². The minimum absolute atomic E-state index is 0.0537. The number of carbonyl (C=O) groups excluding carboxylic acids is 2. The van der Waals surface area contributed by atoms with Crippen molar-refractivity contribution in [2.24, 2.45) is 5.92 Å². The van der Waals surface area contributed by atoms with Crippen LogP contribution in [0.2, 0.25) is 0 Å². The number of methoxy groups -OCH3 is 1. The van der Waals surface area contributed by atoms with Gasteiger partial charge in [-0.1, -0.05) is 67.9 Å². The van der Waals surface area contributed by atoms with Crippen LogP contribution in [0.1, 0.15) is 37.5 Å². The lowest BCUT2D eigenvalue weighted by molar-refractivity contribution is -0.138. The number of nitrogens with zero attached hydrogens (tertiary/aromatic N) is 2. The average molecular weight is 580 g/mol. The first-order chi connectivity index (χ1) is 19.4. The topological polar surface area (TPSA) is 96.0 Å². The molecule has 2 amide bonds. The van der Waals surface area contributed by atoms with E-state index in [-0.39, 0.29) is 29.0 Å². The molecule has 0 fully saturated rings. The van der Waals surface area contributed by atoms with E-state index >= 15 is 0 Å². The average Bonchev–Trinajstić information content (AvgIpc) is 2.95. The van der Waals surface area contributed by atoms with Crippen molar-refractivity contribution in [3.63, 3.8) is 0 Å². The Morgan fingerprint density at radius 2 is 1.54 bits per heavy atom. The summed E-state index contributed by atoms with van der Waals surface area (Å²) in [4.78, 5) is 28.7. The Morgan fingerprint density at radius 3 is 2.15 bits per heavy atom. The number of amides is 2. The van der Waals surface area contributed by atoms with Crippen LogP contribution in [0.25, 0.3) is 0 Å². The number of ether oxygens (including phenoxy) is 1. The highest BCUT2D eigenvalue weighted by Gasteiger charge is 2.33. The second-order valence-electron chi connectivity index (χ2n) is 10.6. The lowest BCUT2D eigenvalue weighted by Crippen LogP contribution is -2.52. The van der Waals surface area contributed by atoms with Crippen LogP contribution in [0.4, 0.5) is 5.69 Å². The molecule has 3 rings (SSSR count). The van der Waals surface area contributed by atoms with E-state index < -0.39 is 28.5 Å². The number of carbonyl (C=O) groups is 2. The number of hydrogen-bond donors (Lipinski definition) is 1. The number of nitrogens with one attached hydrogen (secondary N) is 1. The van der Waals surface area contributed by atoms with E-state index in [1.807, 2.05) is 64.1 Å². The molecule has 0 aliphatic carbocycles. The molecule has 0 bridgehead atoms. The van der Waals surface area contributed by atoms with E-state index in [9.17, 15) is 18.0 Å².